The summed E-state index contributed by atoms with van der Waals surface area (Å²) in [5, 5.41) is 1.93. The molecule has 6 heteroatoms. The normalized spacial score (nSPS) is 14.6. The number of fused-ring (bicyclic) bond motifs is 2. The third-order valence-corrected chi connectivity index (χ3v) is 4.34. The van der Waals surface area contributed by atoms with Gasteiger partial charge in [0.25, 0.3) is 0 Å². The molecule has 1 aromatic carbocycles. The van der Waals surface area contributed by atoms with Crippen molar-refractivity contribution in [2.24, 2.45) is 0 Å². The van der Waals surface area contributed by atoms with Crippen molar-refractivity contribution in [2.45, 2.75) is 6.42 Å². The molecule has 0 bridgehead atoms. The maximum Gasteiger partial charge on any atom is 0.196 e. The van der Waals surface area contributed by atoms with Crippen LogP contribution in [0.2, 0.25) is 0 Å². The molecule has 0 fully saturated rings. The van der Waals surface area contributed by atoms with Crippen molar-refractivity contribution in [3.8, 4) is 5.75 Å². The largest absolute Gasteiger partial charge is 0.491 e. The Morgan fingerprint density at radius 1 is 1.33 bits per heavy atom. The van der Waals surface area contributed by atoms with E-state index in [2.05, 4.69) is 9.88 Å². The molecule has 1 aliphatic heterocycles. The molecular weight excluding hydrogens is 286 g/mol. The Kier molecular flexibility index (Phi) is 2.89. The molecule has 3 heterocycles. The SMILES string of the molecule is O=Cc1c(N2CCCOc3ccccc32)nc2sccn12. The fourth-order valence-electron chi connectivity index (χ4n) is 2.65. The van der Waals surface area contributed by atoms with E-state index in [1.165, 1.54) is 11.3 Å². The Hall–Kier alpha value is -2.34. The van der Waals surface area contributed by atoms with Gasteiger partial charge in [-0.1, -0.05) is 12.1 Å². The number of carbonyl (C=O) groups is 1. The molecule has 106 valence electrons. The van der Waals surface area contributed by atoms with Crippen LogP contribution in [0.5, 0.6) is 5.75 Å². The fourth-order valence-corrected chi connectivity index (χ4v) is 3.36. The van der Waals surface area contributed by atoms with Crippen molar-refractivity contribution in [2.75, 3.05) is 18.1 Å². The molecule has 0 saturated carbocycles. The van der Waals surface area contributed by atoms with Crippen LogP contribution in [0.3, 0.4) is 0 Å². The van der Waals surface area contributed by atoms with Gasteiger partial charge in [-0.05, 0) is 18.6 Å². The summed E-state index contributed by atoms with van der Waals surface area (Å²) in [6.45, 7) is 1.45. The average Bonchev–Trinajstić information content (AvgIpc) is 3.02. The molecule has 0 N–H and O–H groups in total. The highest BCUT2D eigenvalue weighted by atomic mass is 32.1. The monoisotopic (exact) mass is 299 g/mol. The molecular formula is C15H13N3O2S. The second-order valence-electron chi connectivity index (χ2n) is 4.82. The number of aromatic nitrogens is 2. The van der Waals surface area contributed by atoms with Crippen molar-refractivity contribution in [1.29, 1.82) is 0 Å². The zero-order valence-electron chi connectivity index (χ0n) is 11.2. The highest BCUT2D eigenvalue weighted by molar-refractivity contribution is 7.15. The van der Waals surface area contributed by atoms with Crippen LogP contribution >= 0.6 is 11.3 Å². The number of ether oxygens (including phenoxy) is 1. The van der Waals surface area contributed by atoms with E-state index >= 15 is 0 Å². The van der Waals surface area contributed by atoms with Gasteiger partial charge in [0.15, 0.2) is 17.1 Å². The molecule has 3 aromatic rings. The Labute approximate surface area is 125 Å². The molecule has 0 atom stereocenters. The zero-order chi connectivity index (χ0) is 14.2. The third kappa shape index (κ3) is 1.91. The lowest BCUT2D eigenvalue weighted by molar-refractivity contribution is 0.111. The smallest absolute Gasteiger partial charge is 0.196 e. The quantitative estimate of drug-likeness (QED) is 0.682. The summed E-state index contributed by atoms with van der Waals surface area (Å²) < 4.78 is 7.60. The number of hydrogen-bond donors (Lipinski definition) is 0. The minimum absolute atomic E-state index is 0.586. The van der Waals surface area contributed by atoms with Gasteiger partial charge in [-0.3, -0.25) is 9.20 Å². The minimum atomic E-state index is 0.586. The maximum absolute atomic E-state index is 11.5. The molecule has 5 nitrogen and oxygen atoms in total. The van der Waals surface area contributed by atoms with Crippen LogP contribution in [-0.4, -0.2) is 28.8 Å². The Morgan fingerprint density at radius 2 is 2.24 bits per heavy atom. The second kappa shape index (κ2) is 4.89. The van der Waals surface area contributed by atoms with E-state index in [0.29, 0.717) is 18.1 Å². The van der Waals surface area contributed by atoms with E-state index < -0.39 is 0 Å². The first kappa shape index (κ1) is 12.4. The molecule has 0 unspecified atom stereocenters. The standard InChI is InChI=1S/C15H13N3O2S/c19-10-12-14(16-15-18(12)7-9-21-15)17-6-3-8-20-13-5-2-1-4-11(13)17/h1-2,4-5,7,9-10H,3,6,8H2. The topological polar surface area (TPSA) is 46.8 Å². The summed E-state index contributed by atoms with van der Waals surface area (Å²) in [5.41, 5.74) is 1.55. The number of aldehydes is 1. The summed E-state index contributed by atoms with van der Waals surface area (Å²) >= 11 is 1.52. The predicted molar refractivity (Wildman–Crippen MR) is 82.0 cm³/mol. The molecule has 21 heavy (non-hydrogen) atoms. The number of anilines is 2. The van der Waals surface area contributed by atoms with Crippen LogP contribution in [0.25, 0.3) is 4.96 Å². The highest BCUT2D eigenvalue weighted by Crippen LogP contribution is 2.37. The van der Waals surface area contributed by atoms with Crippen molar-refractivity contribution < 1.29 is 9.53 Å². The second-order valence-corrected chi connectivity index (χ2v) is 5.69. The molecule has 0 radical (unpaired) electrons. The van der Waals surface area contributed by atoms with Gasteiger partial charge < -0.3 is 9.64 Å². The number of thiazole rings is 1. The lowest BCUT2D eigenvalue weighted by atomic mass is 10.2. The molecule has 1 aliphatic rings. The number of imidazole rings is 1. The summed E-state index contributed by atoms with van der Waals surface area (Å²) in [6.07, 6.45) is 3.63. The van der Waals surface area contributed by atoms with Crippen molar-refractivity contribution in [1.82, 2.24) is 9.38 Å². The van der Waals surface area contributed by atoms with Gasteiger partial charge in [0.1, 0.15) is 11.4 Å². The molecule has 4 rings (SSSR count). The first-order valence-corrected chi connectivity index (χ1v) is 7.66. The lowest BCUT2D eigenvalue weighted by Crippen LogP contribution is -2.19. The molecule has 0 saturated heterocycles. The first-order chi connectivity index (χ1) is 10.4. The molecule has 0 amide bonds. The Morgan fingerprint density at radius 3 is 3.14 bits per heavy atom. The average molecular weight is 299 g/mol. The number of benzene rings is 1. The third-order valence-electron chi connectivity index (χ3n) is 3.59. The summed E-state index contributed by atoms with van der Waals surface area (Å²) in [7, 11) is 0. The number of rotatable bonds is 2. The van der Waals surface area contributed by atoms with E-state index in [4.69, 9.17) is 4.74 Å². The first-order valence-electron chi connectivity index (χ1n) is 6.78. The number of para-hydroxylation sites is 2. The van der Waals surface area contributed by atoms with Crippen molar-refractivity contribution in [3.63, 3.8) is 0 Å². The fraction of sp³-hybridized carbons (Fsp3) is 0.200. The van der Waals surface area contributed by atoms with E-state index in [-0.39, 0.29) is 0 Å². The zero-order valence-corrected chi connectivity index (χ0v) is 12.0. The van der Waals surface area contributed by atoms with Gasteiger partial charge in [0.2, 0.25) is 0 Å². The summed E-state index contributed by atoms with van der Waals surface area (Å²) in [6, 6.07) is 7.88. The molecule has 2 aromatic heterocycles. The van der Waals surface area contributed by atoms with Gasteiger partial charge in [-0.25, -0.2) is 4.98 Å². The van der Waals surface area contributed by atoms with E-state index in [9.17, 15) is 4.79 Å². The van der Waals surface area contributed by atoms with Gasteiger partial charge in [-0.15, -0.1) is 11.3 Å². The predicted octanol–water partition coefficient (Wildman–Crippen LogP) is 3.13. The number of hydrogen-bond acceptors (Lipinski definition) is 5. The molecule has 0 aliphatic carbocycles. The molecule has 0 spiro atoms. The van der Waals surface area contributed by atoms with Crippen molar-refractivity contribution >= 4 is 34.1 Å². The number of nitrogens with zero attached hydrogens (tertiary/aromatic N) is 3. The summed E-state index contributed by atoms with van der Waals surface area (Å²) in [5.74, 6) is 1.54. The van der Waals surface area contributed by atoms with E-state index in [0.717, 1.165) is 35.6 Å². The van der Waals surface area contributed by atoms with Crippen LogP contribution in [0.15, 0.2) is 35.8 Å². The van der Waals surface area contributed by atoms with Crippen molar-refractivity contribution in [3.05, 3.63) is 41.5 Å². The van der Waals surface area contributed by atoms with E-state index in [1.807, 2.05) is 40.2 Å². The van der Waals surface area contributed by atoms with Crippen LogP contribution in [0.1, 0.15) is 16.9 Å². The van der Waals surface area contributed by atoms with Gasteiger partial charge in [0.05, 0.1) is 12.3 Å². The van der Waals surface area contributed by atoms with Gasteiger partial charge in [-0.2, -0.15) is 0 Å². The van der Waals surface area contributed by atoms with Crippen LogP contribution in [0, 0.1) is 0 Å². The number of carbonyl (C=O) groups excluding carboxylic acids is 1. The van der Waals surface area contributed by atoms with E-state index in [1.54, 1.807) is 0 Å². The minimum Gasteiger partial charge on any atom is -0.491 e. The van der Waals surface area contributed by atoms with Gasteiger partial charge >= 0.3 is 0 Å². The van der Waals surface area contributed by atoms with Crippen LogP contribution in [0.4, 0.5) is 11.5 Å². The maximum atomic E-state index is 11.5. The van der Waals surface area contributed by atoms with Crippen LogP contribution in [-0.2, 0) is 0 Å². The highest BCUT2D eigenvalue weighted by Gasteiger charge is 2.24. The summed E-state index contributed by atoms with van der Waals surface area (Å²) in [4.78, 5) is 19.1. The van der Waals surface area contributed by atoms with Gasteiger partial charge in [0, 0.05) is 18.1 Å². The Balaban J connectivity index is 1.91. The van der Waals surface area contributed by atoms with Crippen LogP contribution < -0.4 is 9.64 Å². The Bertz CT molecular complexity index is 808. The lowest BCUT2D eigenvalue weighted by Gasteiger charge is -2.21.